The van der Waals surface area contributed by atoms with Crippen LogP contribution in [0, 0.1) is 11.8 Å². The minimum Gasteiger partial charge on any atom is -0.444 e. The molecule has 21 heavy (non-hydrogen) atoms. The number of rotatable bonds is 5. The molecule has 0 aromatic rings. The average molecular weight is 298 g/mol. The summed E-state index contributed by atoms with van der Waals surface area (Å²) >= 11 is 0. The Morgan fingerprint density at radius 2 is 1.95 bits per heavy atom. The average Bonchev–Trinajstić information content (AvgIpc) is 2.35. The van der Waals surface area contributed by atoms with Gasteiger partial charge in [0.1, 0.15) is 5.60 Å². The molecule has 0 radical (unpaired) electrons. The van der Waals surface area contributed by atoms with Gasteiger partial charge in [0.15, 0.2) is 0 Å². The fourth-order valence-corrected chi connectivity index (χ4v) is 2.92. The molecule has 0 saturated heterocycles. The van der Waals surface area contributed by atoms with Gasteiger partial charge >= 0.3 is 6.09 Å². The third-order valence-electron chi connectivity index (χ3n) is 4.13. The van der Waals surface area contributed by atoms with Crippen LogP contribution in [0.25, 0.3) is 0 Å². The van der Waals surface area contributed by atoms with E-state index in [2.05, 4.69) is 19.2 Å². The van der Waals surface area contributed by atoms with Crippen LogP contribution in [-0.4, -0.2) is 42.8 Å². The molecule has 0 aromatic heterocycles. The third kappa shape index (κ3) is 7.16. The molecule has 0 aromatic carbocycles. The van der Waals surface area contributed by atoms with Crippen LogP contribution in [0.2, 0.25) is 0 Å². The highest BCUT2D eigenvalue weighted by atomic mass is 16.6. The maximum atomic E-state index is 11.9. The Balaban J connectivity index is 2.29. The zero-order valence-electron chi connectivity index (χ0n) is 14.7. The Kier molecular flexibility index (Phi) is 6.98. The maximum Gasteiger partial charge on any atom is 0.410 e. The van der Waals surface area contributed by atoms with Gasteiger partial charge in [-0.25, -0.2) is 4.79 Å². The van der Waals surface area contributed by atoms with Crippen molar-refractivity contribution in [2.75, 3.05) is 20.1 Å². The van der Waals surface area contributed by atoms with Crippen LogP contribution >= 0.6 is 0 Å². The fraction of sp³-hybridized carbons (Fsp3) is 0.941. The van der Waals surface area contributed by atoms with Gasteiger partial charge < -0.3 is 15.0 Å². The lowest BCUT2D eigenvalue weighted by molar-refractivity contribution is 0.0275. The van der Waals surface area contributed by atoms with Gasteiger partial charge in [-0.3, -0.25) is 0 Å². The number of hydrogen-bond acceptors (Lipinski definition) is 3. The van der Waals surface area contributed by atoms with Crippen molar-refractivity contribution in [3.8, 4) is 0 Å². The van der Waals surface area contributed by atoms with E-state index in [0.717, 1.165) is 19.0 Å². The Morgan fingerprint density at radius 1 is 1.33 bits per heavy atom. The van der Waals surface area contributed by atoms with Crippen LogP contribution in [0.15, 0.2) is 0 Å². The zero-order chi connectivity index (χ0) is 16.0. The van der Waals surface area contributed by atoms with Gasteiger partial charge in [-0.15, -0.1) is 0 Å². The lowest BCUT2D eigenvalue weighted by atomic mass is 9.86. The Morgan fingerprint density at radius 3 is 2.52 bits per heavy atom. The van der Waals surface area contributed by atoms with Gasteiger partial charge in [0.05, 0.1) is 0 Å². The largest absolute Gasteiger partial charge is 0.444 e. The van der Waals surface area contributed by atoms with E-state index >= 15 is 0 Å². The van der Waals surface area contributed by atoms with Gasteiger partial charge in [-0.05, 0) is 52.0 Å². The van der Waals surface area contributed by atoms with Crippen LogP contribution in [0.4, 0.5) is 4.79 Å². The van der Waals surface area contributed by atoms with E-state index < -0.39 is 5.60 Å². The summed E-state index contributed by atoms with van der Waals surface area (Å²) in [5, 5.41) is 3.68. The zero-order valence-corrected chi connectivity index (χ0v) is 14.7. The predicted molar refractivity (Wildman–Crippen MR) is 87.5 cm³/mol. The molecule has 1 fully saturated rings. The molecule has 1 amide bonds. The highest BCUT2D eigenvalue weighted by molar-refractivity contribution is 5.67. The van der Waals surface area contributed by atoms with E-state index in [1.54, 1.807) is 4.90 Å². The third-order valence-corrected chi connectivity index (χ3v) is 4.13. The Hall–Kier alpha value is -0.770. The van der Waals surface area contributed by atoms with E-state index in [4.69, 9.17) is 4.74 Å². The van der Waals surface area contributed by atoms with Gasteiger partial charge in [-0.1, -0.05) is 26.7 Å². The molecular weight excluding hydrogens is 264 g/mol. The number of amides is 1. The molecule has 3 atom stereocenters. The van der Waals surface area contributed by atoms with E-state index in [1.165, 1.54) is 25.7 Å². The van der Waals surface area contributed by atoms with Gasteiger partial charge in [-0.2, -0.15) is 0 Å². The molecule has 1 saturated carbocycles. The van der Waals surface area contributed by atoms with Crippen molar-refractivity contribution >= 4 is 6.09 Å². The first-order chi connectivity index (χ1) is 9.69. The van der Waals surface area contributed by atoms with Crippen LogP contribution < -0.4 is 5.32 Å². The molecule has 1 N–H and O–H groups in total. The molecule has 0 spiro atoms. The molecule has 4 nitrogen and oxygen atoms in total. The van der Waals surface area contributed by atoms with Gasteiger partial charge in [0.2, 0.25) is 0 Å². The van der Waals surface area contributed by atoms with E-state index in [0.29, 0.717) is 12.0 Å². The van der Waals surface area contributed by atoms with Crippen LogP contribution in [0.5, 0.6) is 0 Å². The Bertz CT molecular complexity index is 325. The first-order valence-corrected chi connectivity index (χ1v) is 8.36. The topological polar surface area (TPSA) is 41.6 Å². The number of ether oxygens (including phenoxy) is 1. The monoisotopic (exact) mass is 298 g/mol. The SMILES string of the molecule is CC(CNC1CCCCC1C)CN(C)C(=O)OC(C)(C)C. The molecule has 4 heteroatoms. The quantitative estimate of drug-likeness (QED) is 0.842. The first kappa shape index (κ1) is 18.3. The summed E-state index contributed by atoms with van der Waals surface area (Å²) in [5.74, 6) is 1.20. The van der Waals surface area contributed by atoms with Crippen molar-refractivity contribution in [3.05, 3.63) is 0 Å². The second kappa shape index (κ2) is 8.02. The molecular formula is C17H34N2O2. The molecule has 3 unspecified atom stereocenters. The summed E-state index contributed by atoms with van der Waals surface area (Å²) in [4.78, 5) is 13.6. The molecule has 1 aliphatic rings. The van der Waals surface area contributed by atoms with Crippen molar-refractivity contribution in [2.24, 2.45) is 11.8 Å². The van der Waals surface area contributed by atoms with Crippen LogP contribution in [-0.2, 0) is 4.74 Å². The molecule has 0 aliphatic heterocycles. The first-order valence-electron chi connectivity index (χ1n) is 8.36. The van der Waals surface area contributed by atoms with Crippen molar-refractivity contribution in [1.29, 1.82) is 0 Å². The maximum absolute atomic E-state index is 11.9. The smallest absolute Gasteiger partial charge is 0.410 e. The van der Waals surface area contributed by atoms with E-state index in [1.807, 2.05) is 27.8 Å². The van der Waals surface area contributed by atoms with E-state index in [-0.39, 0.29) is 6.09 Å². The lowest BCUT2D eigenvalue weighted by Gasteiger charge is -2.31. The summed E-state index contributed by atoms with van der Waals surface area (Å²) in [6.07, 6.45) is 5.10. The standard InChI is InChI=1S/C17H34N2O2/c1-13(11-18-15-10-8-7-9-14(15)2)12-19(6)16(20)21-17(3,4)5/h13-15,18H,7-12H2,1-6H3. The normalized spacial score (nSPS) is 24.5. The minimum absolute atomic E-state index is 0.236. The van der Waals surface area contributed by atoms with Crippen molar-refractivity contribution in [2.45, 2.75) is 71.9 Å². The van der Waals surface area contributed by atoms with Crippen molar-refractivity contribution < 1.29 is 9.53 Å². The second-order valence-electron chi connectivity index (χ2n) is 7.74. The van der Waals surface area contributed by atoms with Gasteiger partial charge in [0, 0.05) is 19.6 Å². The van der Waals surface area contributed by atoms with Crippen molar-refractivity contribution in [3.63, 3.8) is 0 Å². The predicted octanol–water partition coefficient (Wildman–Crippen LogP) is 3.66. The summed E-state index contributed by atoms with van der Waals surface area (Å²) in [7, 11) is 1.81. The minimum atomic E-state index is -0.426. The fourth-order valence-electron chi connectivity index (χ4n) is 2.92. The molecule has 0 heterocycles. The highest BCUT2D eigenvalue weighted by Crippen LogP contribution is 2.23. The number of carbonyl (C=O) groups excluding carboxylic acids is 1. The second-order valence-corrected chi connectivity index (χ2v) is 7.74. The van der Waals surface area contributed by atoms with Crippen LogP contribution in [0.3, 0.4) is 0 Å². The summed E-state index contributed by atoms with van der Waals surface area (Å²) < 4.78 is 5.38. The Labute approximate surface area is 130 Å². The number of hydrogen-bond donors (Lipinski definition) is 1. The summed E-state index contributed by atoms with van der Waals surface area (Å²) in [6, 6.07) is 0.646. The van der Waals surface area contributed by atoms with Crippen molar-refractivity contribution in [1.82, 2.24) is 10.2 Å². The van der Waals surface area contributed by atoms with E-state index in [9.17, 15) is 4.79 Å². The summed E-state index contributed by atoms with van der Waals surface area (Å²) in [5.41, 5.74) is -0.426. The number of nitrogens with zero attached hydrogens (tertiary/aromatic N) is 1. The van der Waals surface area contributed by atoms with Gasteiger partial charge in [0.25, 0.3) is 0 Å². The molecule has 124 valence electrons. The van der Waals surface area contributed by atoms with Crippen LogP contribution in [0.1, 0.15) is 60.3 Å². The highest BCUT2D eigenvalue weighted by Gasteiger charge is 2.23. The number of carbonyl (C=O) groups is 1. The molecule has 0 bridgehead atoms. The summed E-state index contributed by atoms with van der Waals surface area (Å²) in [6.45, 7) is 11.9. The molecule has 1 rings (SSSR count). The molecule has 1 aliphatic carbocycles. The lowest BCUT2D eigenvalue weighted by Crippen LogP contribution is -2.42. The number of nitrogens with one attached hydrogen (secondary N) is 1.